The van der Waals surface area contributed by atoms with Gasteiger partial charge in [-0.3, -0.25) is 15.0 Å². The number of alkyl halides is 3. The van der Waals surface area contributed by atoms with Crippen LogP contribution in [0.4, 0.5) is 23.5 Å². The van der Waals surface area contributed by atoms with Gasteiger partial charge in [-0.2, -0.15) is 13.2 Å². The summed E-state index contributed by atoms with van der Waals surface area (Å²) in [5.74, 6) is -1.98. The maximum absolute atomic E-state index is 13.3. The van der Waals surface area contributed by atoms with Gasteiger partial charge >= 0.3 is 12.1 Å². The van der Waals surface area contributed by atoms with Crippen LogP contribution in [-0.2, 0) is 11.3 Å². The number of aliphatic carboxylic acids is 1. The topological polar surface area (TPSA) is 141 Å². The molecule has 0 spiro atoms. The maximum atomic E-state index is 13.3. The predicted molar refractivity (Wildman–Crippen MR) is 116 cm³/mol. The number of carbonyl (C=O) groups excluding carboxylic acids is 1. The van der Waals surface area contributed by atoms with E-state index in [4.69, 9.17) is 15.1 Å². The Balaban J connectivity index is 0.000000384. The summed E-state index contributed by atoms with van der Waals surface area (Å²) in [6.45, 7) is 2.39. The number of carboxylic acid groups (broad SMARTS) is 1. The minimum absolute atomic E-state index is 0.214. The molecule has 3 heterocycles. The van der Waals surface area contributed by atoms with E-state index in [-0.39, 0.29) is 11.4 Å². The second-order valence-corrected chi connectivity index (χ2v) is 8.29. The summed E-state index contributed by atoms with van der Waals surface area (Å²) in [6.07, 6.45) is -2.27. The van der Waals surface area contributed by atoms with Crippen LogP contribution in [0, 0.1) is 17.7 Å². The summed E-state index contributed by atoms with van der Waals surface area (Å²) in [5, 5.41) is 20.1. The molecule has 1 aromatic carbocycles. The molecule has 36 heavy (non-hydrogen) atoms. The standard InChI is InChI=1S/C20H19FN6O2.C2HF3O2/c21-13-2-4-17-11(5-13)1-3-14(25-17)8-22-18-15-9-27(10-16(15)18)20-23-6-12(7-24-20)19(28)26-29;3-2(4,5)1(6)7/h1-7,15-16,18,22,29H,8-10H2,(H,26,28);(H,6,7)/t15-,16+,18?;. The zero-order valence-corrected chi connectivity index (χ0v) is 18.4. The minimum atomic E-state index is -5.08. The second kappa shape index (κ2) is 9.99. The number of carbonyl (C=O) groups is 2. The van der Waals surface area contributed by atoms with Crippen LogP contribution in [-0.4, -0.2) is 62.4 Å². The second-order valence-electron chi connectivity index (χ2n) is 8.29. The van der Waals surface area contributed by atoms with Crippen LogP contribution in [0.15, 0.2) is 42.7 Å². The van der Waals surface area contributed by atoms with Gasteiger partial charge in [-0.05, 0) is 36.1 Å². The fourth-order valence-electron chi connectivity index (χ4n) is 4.12. The normalized spacial score (nSPS) is 20.4. The molecule has 0 bridgehead atoms. The number of rotatable bonds is 5. The summed E-state index contributed by atoms with van der Waals surface area (Å²) >= 11 is 0. The Morgan fingerprint density at radius 3 is 2.31 bits per heavy atom. The lowest BCUT2D eigenvalue weighted by molar-refractivity contribution is -0.192. The van der Waals surface area contributed by atoms with Gasteiger partial charge in [0.05, 0.1) is 16.8 Å². The SMILES string of the molecule is O=C(NO)c1cnc(N2C[C@@H]3C(NCc4ccc5cc(F)ccc5n4)[C@@H]3C2)nc1.O=C(O)C(F)(F)F. The monoisotopic (exact) mass is 508 g/mol. The van der Waals surface area contributed by atoms with Crippen molar-refractivity contribution in [1.82, 2.24) is 25.7 Å². The molecule has 2 aromatic heterocycles. The number of aromatic nitrogens is 3. The first kappa shape index (κ1) is 25.2. The number of hydroxylamine groups is 1. The van der Waals surface area contributed by atoms with E-state index in [1.54, 1.807) is 11.5 Å². The van der Waals surface area contributed by atoms with Crippen molar-refractivity contribution < 1.29 is 37.5 Å². The van der Waals surface area contributed by atoms with Crippen molar-refractivity contribution in [2.45, 2.75) is 18.8 Å². The summed E-state index contributed by atoms with van der Waals surface area (Å²) in [6, 6.07) is 8.89. The van der Waals surface area contributed by atoms with Crippen molar-refractivity contribution in [2.24, 2.45) is 11.8 Å². The number of amides is 1. The van der Waals surface area contributed by atoms with Gasteiger partial charge < -0.3 is 15.3 Å². The Morgan fingerprint density at radius 1 is 1.08 bits per heavy atom. The number of carboxylic acids is 1. The molecule has 1 saturated carbocycles. The van der Waals surface area contributed by atoms with Crippen LogP contribution in [0.2, 0.25) is 0 Å². The van der Waals surface area contributed by atoms with Gasteiger partial charge in [0, 0.05) is 43.5 Å². The number of piperidine rings is 1. The lowest BCUT2D eigenvalue weighted by Gasteiger charge is -2.20. The molecule has 2 fully saturated rings. The van der Waals surface area contributed by atoms with Gasteiger partial charge in [0.1, 0.15) is 5.82 Å². The molecule has 1 aliphatic heterocycles. The summed E-state index contributed by atoms with van der Waals surface area (Å²) in [7, 11) is 0. The Labute approximate surface area is 200 Å². The molecule has 3 atom stereocenters. The van der Waals surface area contributed by atoms with Gasteiger partial charge in [0.25, 0.3) is 5.91 Å². The molecule has 3 aromatic rings. The number of nitrogens with one attached hydrogen (secondary N) is 2. The molecule has 10 nitrogen and oxygen atoms in total. The molecule has 5 rings (SSSR count). The molecule has 0 radical (unpaired) electrons. The first-order valence-corrected chi connectivity index (χ1v) is 10.7. The third-order valence-electron chi connectivity index (χ3n) is 5.95. The number of hydrogen-bond donors (Lipinski definition) is 4. The molecule has 4 N–H and O–H groups in total. The van der Waals surface area contributed by atoms with E-state index in [1.807, 2.05) is 12.1 Å². The van der Waals surface area contributed by atoms with Gasteiger partial charge in [0.2, 0.25) is 5.95 Å². The molecule has 14 heteroatoms. The van der Waals surface area contributed by atoms with Crippen molar-refractivity contribution in [3.05, 3.63) is 59.8 Å². The van der Waals surface area contributed by atoms with Crippen molar-refractivity contribution in [2.75, 3.05) is 18.0 Å². The van der Waals surface area contributed by atoms with Crippen LogP contribution in [0.3, 0.4) is 0 Å². The largest absolute Gasteiger partial charge is 0.490 e. The van der Waals surface area contributed by atoms with Crippen molar-refractivity contribution in [3.63, 3.8) is 0 Å². The first-order valence-electron chi connectivity index (χ1n) is 10.7. The third-order valence-corrected chi connectivity index (χ3v) is 5.95. The molecule has 1 unspecified atom stereocenters. The Hall–Kier alpha value is -3.91. The van der Waals surface area contributed by atoms with Crippen molar-refractivity contribution >= 4 is 28.7 Å². The molecule has 1 aliphatic carbocycles. The highest BCUT2D eigenvalue weighted by atomic mass is 19.4. The third kappa shape index (κ3) is 5.66. The Kier molecular flexibility index (Phi) is 6.99. The van der Waals surface area contributed by atoms with Gasteiger partial charge in [0.15, 0.2) is 0 Å². The van der Waals surface area contributed by atoms with E-state index in [0.29, 0.717) is 30.4 Å². The van der Waals surface area contributed by atoms with Crippen LogP contribution >= 0.6 is 0 Å². The van der Waals surface area contributed by atoms with E-state index in [2.05, 4.69) is 25.2 Å². The molecular formula is C22H20F4N6O4. The molecule has 1 amide bonds. The van der Waals surface area contributed by atoms with E-state index in [1.165, 1.54) is 24.5 Å². The lowest BCUT2D eigenvalue weighted by Crippen LogP contribution is -2.32. The predicted octanol–water partition coefficient (Wildman–Crippen LogP) is 2.14. The number of benzene rings is 1. The lowest BCUT2D eigenvalue weighted by atomic mass is 10.2. The average Bonchev–Trinajstić information content (AvgIpc) is 3.30. The first-order chi connectivity index (χ1) is 17.1. The van der Waals surface area contributed by atoms with Crippen molar-refractivity contribution in [3.8, 4) is 0 Å². The Bertz CT molecular complexity index is 1260. The summed E-state index contributed by atoms with van der Waals surface area (Å²) in [4.78, 5) is 35.4. The van der Waals surface area contributed by atoms with E-state index >= 15 is 0 Å². The highest BCUT2D eigenvalue weighted by Crippen LogP contribution is 2.46. The van der Waals surface area contributed by atoms with E-state index < -0.39 is 18.1 Å². The highest BCUT2D eigenvalue weighted by Gasteiger charge is 2.55. The number of fused-ring (bicyclic) bond motifs is 2. The highest BCUT2D eigenvalue weighted by molar-refractivity contribution is 5.92. The fraction of sp³-hybridized carbons (Fsp3) is 0.318. The van der Waals surface area contributed by atoms with E-state index in [0.717, 1.165) is 29.7 Å². The number of pyridine rings is 1. The molecular weight excluding hydrogens is 488 g/mol. The van der Waals surface area contributed by atoms with Crippen molar-refractivity contribution in [1.29, 1.82) is 0 Å². The smallest absolute Gasteiger partial charge is 0.475 e. The van der Waals surface area contributed by atoms with Gasteiger partial charge in [-0.15, -0.1) is 0 Å². The molecule has 1 saturated heterocycles. The number of anilines is 1. The van der Waals surface area contributed by atoms with Gasteiger partial charge in [-0.25, -0.2) is 24.6 Å². The zero-order chi connectivity index (χ0) is 26.0. The van der Waals surface area contributed by atoms with Crippen LogP contribution in [0.25, 0.3) is 10.9 Å². The Morgan fingerprint density at radius 2 is 1.72 bits per heavy atom. The number of halogens is 4. The summed E-state index contributed by atoms with van der Waals surface area (Å²) in [5.41, 5.74) is 3.51. The number of hydrogen-bond acceptors (Lipinski definition) is 8. The quantitative estimate of drug-likeness (QED) is 0.232. The molecule has 190 valence electrons. The zero-order valence-electron chi connectivity index (χ0n) is 18.4. The maximum Gasteiger partial charge on any atom is 0.490 e. The van der Waals surface area contributed by atoms with Crippen LogP contribution in [0.5, 0.6) is 0 Å². The van der Waals surface area contributed by atoms with E-state index in [9.17, 15) is 22.4 Å². The summed E-state index contributed by atoms with van der Waals surface area (Å²) < 4.78 is 45.0. The number of nitrogens with zero attached hydrogens (tertiary/aromatic N) is 4. The molecule has 2 aliphatic rings. The van der Waals surface area contributed by atoms with Gasteiger partial charge in [-0.1, -0.05) is 6.07 Å². The minimum Gasteiger partial charge on any atom is -0.475 e. The fourth-order valence-corrected chi connectivity index (χ4v) is 4.12. The average molecular weight is 508 g/mol. The van der Waals surface area contributed by atoms with Crippen LogP contribution < -0.4 is 15.7 Å². The van der Waals surface area contributed by atoms with Crippen LogP contribution in [0.1, 0.15) is 16.1 Å².